The van der Waals surface area contributed by atoms with Gasteiger partial charge in [-0.1, -0.05) is 0 Å². The quantitative estimate of drug-likeness (QED) is 0.523. The normalized spacial score (nSPS) is 22.2. The van der Waals surface area contributed by atoms with Crippen LogP contribution in [0.3, 0.4) is 0 Å². The van der Waals surface area contributed by atoms with Gasteiger partial charge < -0.3 is 0 Å². The van der Waals surface area contributed by atoms with Crippen molar-refractivity contribution in [1.82, 2.24) is 5.32 Å². The summed E-state index contributed by atoms with van der Waals surface area (Å²) in [7, 11) is 1.97. The fourth-order valence-electron chi connectivity index (χ4n) is 0.828. The third-order valence-electron chi connectivity index (χ3n) is 1.15. The zero-order valence-corrected chi connectivity index (χ0v) is 7.53. The number of halogens is 1. The second-order valence-electron chi connectivity index (χ2n) is 2.08. The van der Waals surface area contributed by atoms with E-state index in [-0.39, 0.29) is 19.8 Å². The van der Waals surface area contributed by atoms with Gasteiger partial charge in [0.1, 0.15) is 0 Å². The van der Waals surface area contributed by atoms with Crippen LogP contribution in [0.15, 0.2) is 11.8 Å². The Labute approximate surface area is 57.9 Å². The van der Waals surface area contributed by atoms with Gasteiger partial charge in [-0.15, -0.1) is 0 Å². The summed E-state index contributed by atoms with van der Waals surface area (Å²) in [6.45, 7) is 0. The summed E-state index contributed by atoms with van der Waals surface area (Å²) in [5.41, 5.74) is 1.64. The summed E-state index contributed by atoms with van der Waals surface area (Å²) in [6, 6.07) is 0. The van der Waals surface area contributed by atoms with E-state index in [1.165, 1.54) is 8.86 Å². The van der Waals surface area contributed by atoms with Crippen LogP contribution in [0, 0.1) is 0 Å². The molecule has 8 heavy (non-hydrogen) atoms. The first-order valence-electron chi connectivity index (χ1n) is 2.70. The molecule has 1 aliphatic rings. The molecule has 48 valence electrons. The van der Waals surface area contributed by atoms with Crippen molar-refractivity contribution in [2.24, 2.45) is 0 Å². The van der Waals surface area contributed by atoms with Crippen LogP contribution in [0.5, 0.6) is 0 Å². The van der Waals surface area contributed by atoms with Crippen LogP contribution in [0.1, 0.15) is 0 Å². The van der Waals surface area contributed by atoms with E-state index in [0.29, 0.717) is 0 Å². The van der Waals surface area contributed by atoms with Crippen molar-refractivity contribution in [3.8, 4) is 0 Å². The van der Waals surface area contributed by atoms with Crippen molar-refractivity contribution in [1.29, 1.82) is 0 Å². The van der Waals surface area contributed by atoms with Crippen molar-refractivity contribution in [3.63, 3.8) is 0 Å². The molecule has 0 aromatic rings. The molecule has 1 N–H and O–H groups in total. The van der Waals surface area contributed by atoms with Gasteiger partial charge in [-0.2, -0.15) is 0 Å². The molecule has 2 heteroatoms. The Morgan fingerprint density at radius 2 is 2.25 bits per heavy atom. The number of alkyl halides is 3. The molecule has 1 aliphatic heterocycles. The van der Waals surface area contributed by atoms with E-state index in [1.54, 1.807) is 5.57 Å². The Bertz CT molecular complexity index is 101. The summed E-state index contributed by atoms with van der Waals surface area (Å²) in [5.74, 6) is 0. The second-order valence-corrected chi connectivity index (χ2v) is 7.74. The Morgan fingerprint density at radius 1 is 1.62 bits per heavy atom. The average molecular weight is 225 g/mol. The molecule has 0 aromatic heterocycles. The molecule has 0 aliphatic carbocycles. The molecule has 0 unspecified atom stereocenters. The van der Waals surface area contributed by atoms with Gasteiger partial charge in [0.25, 0.3) is 0 Å². The van der Waals surface area contributed by atoms with Crippen LogP contribution in [0.25, 0.3) is 0 Å². The van der Waals surface area contributed by atoms with Crippen molar-refractivity contribution in [3.05, 3.63) is 11.8 Å². The van der Waals surface area contributed by atoms with Gasteiger partial charge in [-0.25, -0.2) is 0 Å². The Hall–Kier alpha value is 0.270. The van der Waals surface area contributed by atoms with Crippen LogP contribution >= 0.6 is 19.8 Å². The van der Waals surface area contributed by atoms with E-state index in [0.717, 1.165) is 0 Å². The van der Waals surface area contributed by atoms with Gasteiger partial charge >= 0.3 is 57.7 Å². The maximum absolute atomic E-state index is 3.05. The summed E-state index contributed by atoms with van der Waals surface area (Å²) in [4.78, 5) is 2.44. The molecule has 1 heterocycles. The predicted octanol–water partition coefficient (Wildman–Crippen LogP) is 1.24. The van der Waals surface area contributed by atoms with Crippen LogP contribution in [-0.4, -0.2) is 20.8 Å². The first-order chi connectivity index (χ1) is 3.83. The van der Waals surface area contributed by atoms with Crippen molar-refractivity contribution in [2.45, 2.75) is 0 Å². The number of hydrogen-bond donors (Lipinski definition) is 1. The molecule has 0 saturated carbocycles. The number of rotatable bonds is 1. The monoisotopic (exact) mass is 225 g/mol. The summed E-state index contributed by atoms with van der Waals surface area (Å²) >= 11 is -0.308. The van der Waals surface area contributed by atoms with Crippen LogP contribution in [0.2, 0.25) is 0 Å². The molecule has 1 fully saturated rings. The standard InChI is InChI=1S/C6H12IN/c1-7-3-6(4-7)5-8-2/h5,8H,3-4H2,1-2H3. The minimum absolute atomic E-state index is 0.308. The second kappa shape index (κ2) is 2.71. The van der Waals surface area contributed by atoms with Crippen LogP contribution in [0.4, 0.5) is 0 Å². The van der Waals surface area contributed by atoms with Crippen molar-refractivity contribution >= 4 is 19.8 Å². The molecule has 1 saturated heterocycles. The van der Waals surface area contributed by atoms with Gasteiger partial charge in [-0.3, -0.25) is 0 Å². The zero-order valence-electron chi connectivity index (χ0n) is 5.37. The minimum atomic E-state index is -0.308. The fraction of sp³-hybridized carbons (Fsp3) is 0.667. The zero-order chi connectivity index (χ0) is 5.98. The topological polar surface area (TPSA) is 12.0 Å². The SMILES string of the molecule is CNC=C1CI(C)C1. The molecule has 0 aromatic carbocycles. The Balaban J connectivity index is 2.23. The van der Waals surface area contributed by atoms with Crippen molar-refractivity contribution in [2.75, 3.05) is 20.8 Å². The fourth-order valence-corrected chi connectivity index (χ4v) is 4.39. The molecule has 1 rings (SSSR count). The van der Waals surface area contributed by atoms with E-state index < -0.39 is 0 Å². The first kappa shape index (κ1) is 6.39. The van der Waals surface area contributed by atoms with Gasteiger partial charge in [0.15, 0.2) is 0 Å². The summed E-state index contributed by atoms with van der Waals surface area (Å²) in [6.07, 6.45) is 2.15. The molecule has 0 radical (unpaired) electrons. The third-order valence-corrected chi connectivity index (χ3v) is 5.71. The Morgan fingerprint density at radius 3 is 2.62 bits per heavy atom. The van der Waals surface area contributed by atoms with E-state index in [4.69, 9.17) is 0 Å². The number of hydrogen-bond acceptors (Lipinski definition) is 1. The van der Waals surface area contributed by atoms with Crippen LogP contribution < -0.4 is 5.32 Å². The summed E-state index contributed by atoms with van der Waals surface area (Å²) < 4.78 is 2.93. The van der Waals surface area contributed by atoms with E-state index in [9.17, 15) is 0 Å². The van der Waals surface area contributed by atoms with Crippen LogP contribution in [-0.2, 0) is 0 Å². The number of nitrogens with one attached hydrogen (secondary N) is 1. The molecule has 0 bridgehead atoms. The molecular formula is C6H12IN. The summed E-state index contributed by atoms with van der Waals surface area (Å²) in [5, 5.41) is 3.05. The molecule has 0 atom stereocenters. The predicted molar refractivity (Wildman–Crippen MR) is 46.8 cm³/mol. The van der Waals surface area contributed by atoms with E-state index in [2.05, 4.69) is 16.4 Å². The van der Waals surface area contributed by atoms with E-state index in [1.807, 2.05) is 7.05 Å². The molecule has 0 spiro atoms. The van der Waals surface area contributed by atoms with Gasteiger partial charge in [0.05, 0.1) is 0 Å². The molecule has 1 nitrogen and oxygen atoms in total. The van der Waals surface area contributed by atoms with E-state index >= 15 is 0 Å². The van der Waals surface area contributed by atoms with Gasteiger partial charge in [0.2, 0.25) is 0 Å². The number of allylic oxidation sites excluding steroid dienone is 1. The molecule has 0 amide bonds. The third kappa shape index (κ3) is 1.37. The Kier molecular flexibility index (Phi) is 2.16. The molecular weight excluding hydrogens is 213 g/mol. The van der Waals surface area contributed by atoms with Gasteiger partial charge in [-0.05, 0) is 0 Å². The maximum atomic E-state index is 3.05. The average Bonchev–Trinajstić information content (AvgIpc) is 1.64. The van der Waals surface area contributed by atoms with Gasteiger partial charge in [0, 0.05) is 0 Å². The van der Waals surface area contributed by atoms with Crippen molar-refractivity contribution < 1.29 is 0 Å². The first-order valence-corrected chi connectivity index (χ1v) is 7.91.